The lowest BCUT2D eigenvalue weighted by Gasteiger charge is -2.24. The van der Waals surface area contributed by atoms with Crippen molar-refractivity contribution < 1.29 is 27.0 Å². The Labute approximate surface area is 101 Å². The molecule has 1 fully saturated rings. The van der Waals surface area contributed by atoms with Gasteiger partial charge in [-0.1, -0.05) is 0 Å². The molecule has 1 aliphatic rings. The topological polar surface area (TPSA) is 121 Å². The third-order valence-corrected chi connectivity index (χ3v) is 6.44. The first-order valence-corrected chi connectivity index (χ1v) is 8.61. The molecule has 0 radical (unpaired) electrons. The average molecular weight is 287 g/mol. The highest BCUT2D eigenvalue weighted by Crippen LogP contribution is 2.18. The average Bonchev–Trinajstić information content (AvgIpc) is 2.25. The maximum Gasteiger partial charge on any atom is 0.214 e. The molecule has 1 aliphatic heterocycles. The van der Waals surface area contributed by atoms with Gasteiger partial charge in [0.2, 0.25) is 10.0 Å². The van der Waals surface area contributed by atoms with Crippen molar-refractivity contribution in [3.63, 3.8) is 0 Å². The first-order valence-electron chi connectivity index (χ1n) is 5.24. The third kappa shape index (κ3) is 4.18. The molecule has 1 heterocycles. The zero-order chi connectivity index (χ0) is 13.1. The van der Waals surface area contributed by atoms with Crippen LogP contribution in [0.5, 0.6) is 0 Å². The van der Waals surface area contributed by atoms with E-state index in [9.17, 15) is 16.8 Å². The molecule has 0 unspecified atom stereocenters. The summed E-state index contributed by atoms with van der Waals surface area (Å²) in [6, 6.07) is -0.932. The van der Waals surface area contributed by atoms with Crippen molar-refractivity contribution in [2.45, 2.75) is 24.1 Å². The minimum Gasteiger partial charge on any atom is -0.395 e. The highest BCUT2D eigenvalue weighted by Gasteiger charge is 2.33. The van der Waals surface area contributed by atoms with Crippen molar-refractivity contribution in [3.8, 4) is 0 Å². The van der Waals surface area contributed by atoms with Gasteiger partial charge in [-0.3, -0.25) is 0 Å². The van der Waals surface area contributed by atoms with Crippen LogP contribution >= 0.6 is 0 Å². The van der Waals surface area contributed by atoms with E-state index < -0.39 is 44.4 Å². The van der Waals surface area contributed by atoms with Crippen molar-refractivity contribution in [1.82, 2.24) is 4.72 Å². The number of sulfonamides is 1. The fourth-order valence-electron chi connectivity index (χ4n) is 1.64. The van der Waals surface area contributed by atoms with Crippen molar-refractivity contribution >= 4 is 19.9 Å². The van der Waals surface area contributed by atoms with E-state index in [2.05, 4.69) is 4.72 Å². The quantitative estimate of drug-likeness (QED) is 0.529. The van der Waals surface area contributed by atoms with Crippen molar-refractivity contribution in [3.05, 3.63) is 0 Å². The van der Waals surface area contributed by atoms with E-state index in [-0.39, 0.29) is 24.3 Å². The molecule has 0 bridgehead atoms. The molecule has 0 spiro atoms. The normalized spacial score (nSPS) is 21.8. The number of nitrogens with one attached hydrogen (secondary N) is 1. The van der Waals surface area contributed by atoms with Crippen LogP contribution in [0, 0.1) is 0 Å². The third-order valence-electron chi connectivity index (χ3n) is 2.71. The Kier molecular flexibility index (Phi) is 4.90. The fraction of sp³-hybridized carbons (Fsp3) is 1.00. The van der Waals surface area contributed by atoms with Crippen LogP contribution in [0.2, 0.25) is 0 Å². The lowest BCUT2D eigenvalue weighted by molar-refractivity contribution is 0.184. The molecule has 17 heavy (non-hydrogen) atoms. The Morgan fingerprint density at radius 2 is 1.65 bits per heavy atom. The van der Waals surface area contributed by atoms with Crippen LogP contribution in [-0.4, -0.2) is 63.1 Å². The maximum atomic E-state index is 11.8. The van der Waals surface area contributed by atoms with Gasteiger partial charge in [0.15, 0.2) is 0 Å². The van der Waals surface area contributed by atoms with Crippen LogP contribution < -0.4 is 4.72 Å². The number of rotatable bonds is 5. The second kappa shape index (κ2) is 5.61. The lowest BCUT2D eigenvalue weighted by atomic mass is 10.2. The van der Waals surface area contributed by atoms with Crippen LogP contribution in [0.3, 0.4) is 0 Å². The van der Waals surface area contributed by atoms with Crippen LogP contribution in [0.25, 0.3) is 0 Å². The summed E-state index contributed by atoms with van der Waals surface area (Å²) in [7, 11) is -6.80. The largest absolute Gasteiger partial charge is 0.395 e. The van der Waals surface area contributed by atoms with Crippen LogP contribution in [0.1, 0.15) is 12.8 Å². The standard InChI is InChI=1S/C8H17NO6S2/c10-5-7(6-11)9-17(14,15)8-1-3-16(12,13)4-2-8/h7-11H,1-6H2. The SMILES string of the molecule is O=S1(=O)CCC(S(=O)(=O)NC(CO)CO)CC1. The summed E-state index contributed by atoms with van der Waals surface area (Å²) in [5.41, 5.74) is 0. The molecule has 0 aromatic heterocycles. The van der Waals surface area contributed by atoms with Gasteiger partial charge in [0.1, 0.15) is 9.84 Å². The zero-order valence-corrected chi connectivity index (χ0v) is 10.9. The number of sulfone groups is 1. The van der Waals surface area contributed by atoms with Crippen LogP contribution in [0.15, 0.2) is 0 Å². The number of hydrogen-bond donors (Lipinski definition) is 3. The molecule has 1 rings (SSSR count). The summed E-state index contributed by atoms with van der Waals surface area (Å²) in [5.74, 6) is -0.275. The predicted octanol–water partition coefficient (Wildman–Crippen LogP) is -2.16. The molecule has 1 saturated heterocycles. The summed E-state index contributed by atoms with van der Waals surface area (Å²) in [6.45, 7) is -0.999. The second-order valence-corrected chi connectivity index (χ2v) is 8.37. The summed E-state index contributed by atoms with van der Waals surface area (Å²) >= 11 is 0. The Bertz CT molecular complexity index is 425. The summed E-state index contributed by atoms with van der Waals surface area (Å²) in [6.07, 6.45) is 0.114. The molecule has 0 aromatic rings. The van der Waals surface area contributed by atoms with Gasteiger partial charge >= 0.3 is 0 Å². The van der Waals surface area contributed by atoms with Crippen molar-refractivity contribution in [1.29, 1.82) is 0 Å². The van der Waals surface area contributed by atoms with Gasteiger partial charge in [-0.05, 0) is 12.8 Å². The molecular formula is C8H17NO6S2. The van der Waals surface area contributed by atoms with Crippen molar-refractivity contribution in [2.24, 2.45) is 0 Å². The van der Waals surface area contributed by atoms with E-state index in [1.807, 2.05) is 0 Å². The smallest absolute Gasteiger partial charge is 0.214 e. The van der Waals surface area contributed by atoms with Gasteiger partial charge in [0.25, 0.3) is 0 Å². The van der Waals surface area contributed by atoms with E-state index in [4.69, 9.17) is 10.2 Å². The number of aliphatic hydroxyl groups excluding tert-OH is 2. The van der Waals surface area contributed by atoms with E-state index in [1.54, 1.807) is 0 Å². The van der Waals surface area contributed by atoms with E-state index >= 15 is 0 Å². The highest BCUT2D eigenvalue weighted by atomic mass is 32.2. The van der Waals surface area contributed by atoms with E-state index in [1.165, 1.54) is 0 Å². The molecule has 0 aliphatic carbocycles. The van der Waals surface area contributed by atoms with Gasteiger partial charge < -0.3 is 10.2 Å². The number of aliphatic hydroxyl groups is 2. The second-order valence-electron chi connectivity index (χ2n) is 4.08. The Balaban J connectivity index is 2.66. The minimum atomic E-state index is -3.69. The molecule has 9 heteroatoms. The van der Waals surface area contributed by atoms with Gasteiger partial charge in [-0.2, -0.15) is 0 Å². The molecule has 3 N–H and O–H groups in total. The van der Waals surface area contributed by atoms with Crippen molar-refractivity contribution in [2.75, 3.05) is 24.7 Å². The molecule has 102 valence electrons. The minimum absolute atomic E-state index is 0.0568. The highest BCUT2D eigenvalue weighted by molar-refractivity contribution is 7.92. The molecule has 7 nitrogen and oxygen atoms in total. The lowest BCUT2D eigenvalue weighted by Crippen LogP contribution is -2.46. The molecule has 0 atom stereocenters. The Morgan fingerprint density at radius 1 is 1.18 bits per heavy atom. The van der Waals surface area contributed by atoms with Gasteiger partial charge in [0, 0.05) is 0 Å². The molecule has 0 amide bonds. The number of hydrogen-bond acceptors (Lipinski definition) is 6. The molecular weight excluding hydrogens is 270 g/mol. The zero-order valence-electron chi connectivity index (χ0n) is 9.24. The van der Waals surface area contributed by atoms with E-state index in [0.29, 0.717) is 0 Å². The summed E-state index contributed by atoms with van der Waals surface area (Å²) < 4.78 is 48.1. The summed E-state index contributed by atoms with van der Waals surface area (Å²) in [4.78, 5) is 0. The maximum absolute atomic E-state index is 11.8. The molecule has 0 saturated carbocycles. The first kappa shape index (κ1) is 14.8. The fourth-order valence-corrected chi connectivity index (χ4v) is 5.09. The Hall–Kier alpha value is -0.220. The van der Waals surface area contributed by atoms with Gasteiger partial charge in [-0.15, -0.1) is 0 Å². The van der Waals surface area contributed by atoms with Crippen LogP contribution in [-0.2, 0) is 19.9 Å². The monoisotopic (exact) mass is 287 g/mol. The predicted molar refractivity (Wildman–Crippen MR) is 61.7 cm³/mol. The van der Waals surface area contributed by atoms with Crippen LogP contribution in [0.4, 0.5) is 0 Å². The Morgan fingerprint density at radius 3 is 2.06 bits per heavy atom. The van der Waals surface area contributed by atoms with Gasteiger partial charge in [0.05, 0.1) is 36.0 Å². The van der Waals surface area contributed by atoms with E-state index in [0.717, 1.165) is 0 Å². The molecule has 0 aromatic carbocycles. The van der Waals surface area contributed by atoms with Gasteiger partial charge in [-0.25, -0.2) is 21.6 Å². The summed E-state index contributed by atoms with van der Waals surface area (Å²) in [5, 5.41) is 16.8. The first-order chi connectivity index (χ1) is 7.80.